The standard InChI is InChI=1S/C17H24N2O2/c1-17(2,3)14-8-5-6-9-15(14)21-13-10-16(20)19(4)12-7-11-18/h5-6,8-9H,7,10,12-13H2,1-4H3. The number of benzene rings is 1. The van der Waals surface area contributed by atoms with Crippen molar-refractivity contribution < 1.29 is 9.53 Å². The van der Waals surface area contributed by atoms with Crippen LogP contribution in [0.25, 0.3) is 0 Å². The van der Waals surface area contributed by atoms with Crippen LogP contribution in [0.3, 0.4) is 0 Å². The van der Waals surface area contributed by atoms with Crippen LogP contribution in [0.2, 0.25) is 0 Å². The Balaban J connectivity index is 2.54. The summed E-state index contributed by atoms with van der Waals surface area (Å²) in [5, 5.41) is 8.52. The SMILES string of the molecule is CN(CCC#N)C(=O)CCOc1ccccc1C(C)(C)C. The molecule has 0 spiro atoms. The Bertz CT molecular complexity index is 512. The van der Waals surface area contributed by atoms with E-state index in [1.54, 1.807) is 11.9 Å². The normalized spacial score (nSPS) is 10.8. The third-order valence-electron chi connectivity index (χ3n) is 3.25. The maximum atomic E-state index is 11.9. The zero-order chi connectivity index (χ0) is 15.9. The molecular formula is C17H24N2O2. The summed E-state index contributed by atoms with van der Waals surface area (Å²) in [6.07, 6.45) is 0.677. The number of ether oxygens (including phenoxy) is 1. The van der Waals surface area contributed by atoms with Gasteiger partial charge in [-0.2, -0.15) is 5.26 Å². The molecule has 1 aromatic rings. The first kappa shape index (κ1) is 17.0. The quantitative estimate of drug-likeness (QED) is 0.808. The highest BCUT2D eigenvalue weighted by Gasteiger charge is 2.18. The number of carbonyl (C=O) groups is 1. The van der Waals surface area contributed by atoms with Crippen molar-refractivity contribution >= 4 is 5.91 Å². The molecule has 0 bridgehead atoms. The highest BCUT2D eigenvalue weighted by molar-refractivity contribution is 5.76. The minimum absolute atomic E-state index is 0.00140. The first-order chi connectivity index (χ1) is 9.86. The molecule has 0 atom stereocenters. The van der Waals surface area contributed by atoms with E-state index in [0.717, 1.165) is 11.3 Å². The average molecular weight is 288 g/mol. The second-order valence-corrected chi connectivity index (χ2v) is 6.07. The average Bonchev–Trinajstić information content (AvgIpc) is 2.44. The highest BCUT2D eigenvalue weighted by atomic mass is 16.5. The van der Waals surface area contributed by atoms with Crippen molar-refractivity contribution in [2.24, 2.45) is 0 Å². The van der Waals surface area contributed by atoms with Gasteiger partial charge in [-0.3, -0.25) is 4.79 Å². The lowest BCUT2D eigenvalue weighted by molar-refractivity contribution is -0.130. The fourth-order valence-electron chi connectivity index (χ4n) is 1.99. The number of amides is 1. The van der Waals surface area contributed by atoms with Crippen molar-refractivity contribution in [1.29, 1.82) is 5.26 Å². The third-order valence-corrected chi connectivity index (χ3v) is 3.25. The Morgan fingerprint density at radius 3 is 2.62 bits per heavy atom. The number of hydrogen-bond acceptors (Lipinski definition) is 3. The number of rotatable bonds is 6. The van der Waals surface area contributed by atoms with Gasteiger partial charge in [0.2, 0.25) is 5.91 Å². The minimum Gasteiger partial charge on any atom is -0.493 e. The molecule has 1 aromatic carbocycles. The molecular weight excluding hydrogens is 264 g/mol. The fourth-order valence-corrected chi connectivity index (χ4v) is 1.99. The van der Waals surface area contributed by atoms with Gasteiger partial charge in [-0.15, -0.1) is 0 Å². The van der Waals surface area contributed by atoms with Crippen LogP contribution in [-0.2, 0) is 10.2 Å². The lowest BCUT2D eigenvalue weighted by Gasteiger charge is -2.23. The van der Waals surface area contributed by atoms with Crippen LogP contribution in [0.4, 0.5) is 0 Å². The molecule has 1 rings (SSSR count). The zero-order valence-electron chi connectivity index (χ0n) is 13.3. The van der Waals surface area contributed by atoms with Crippen LogP contribution in [0.5, 0.6) is 5.75 Å². The molecule has 4 heteroatoms. The first-order valence-electron chi connectivity index (χ1n) is 7.19. The fraction of sp³-hybridized carbons (Fsp3) is 0.529. The Labute approximate surface area is 127 Å². The van der Waals surface area contributed by atoms with E-state index in [0.29, 0.717) is 26.0 Å². The van der Waals surface area contributed by atoms with Crippen LogP contribution in [0.1, 0.15) is 39.2 Å². The largest absolute Gasteiger partial charge is 0.493 e. The van der Waals surface area contributed by atoms with Crippen LogP contribution < -0.4 is 4.74 Å². The molecule has 0 aliphatic heterocycles. The molecule has 0 heterocycles. The summed E-state index contributed by atoms with van der Waals surface area (Å²) < 4.78 is 5.78. The Hall–Kier alpha value is -2.02. The Kier molecular flexibility index (Phi) is 6.23. The van der Waals surface area contributed by atoms with Gasteiger partial charge in [-0.05, 0) is 17.0 Å². The van der Waals surface area contributed by atoms with Gasteiger partial charge >= 0.3 is 0 Å². The van der Waals surface area contributed by atoms with Crippen LogP contribution in [-0.4, -0.2) is 31.0 Å². The second kappa shape index (κ2) is 7.68. The smallest absolute Gasteiger partial charge is 0.225 e. The van der Waals surface area contributed by atoms with Crippen molar-refractivity contribution in [3.63, 3.8) is 0 Å². The predicted octanol–water partition coefficient (Wildman–Crippen LogP) is 3.13. The molecule has 0 fully saturated rings. The van der Waals surface area contributed by atoms with Crippen molar-refractivity contribution in [2.75, 3.05) is 20.2 Å². The van der Waals surface area contributed by atoms with E-state index in [1.165, 1.54) is 0 Å². The predicted molar refractivity (Wildman–Crippen MR) is 83.1 cm³/mol. The molecule has 0 saturated carbocycles. The molecule has 0 aliphatic rings. The highest BCUT2D eigenvalue weighted by Crippen LogP contribution is 2.30. The van der Waals surface area contributed by atoms with Gasteiger partial charge in [-0.25, -0.2) is 0 Å². The molecule has 0 unspecified atom stereocenters. The molecule has 0 saturated heterocycles. The van der Waals surface area contributed by atoms with Gasteiger partial charge in [-0.1, -0.05) is 39.0 Å². The molecule has 0 aliphatic carbocycles. The van der Waals surface area contributed by atoms with Crippen molar-refractivity contribution in [1.82, 2.24) is 4.90 Å². The minimum atomic E-state index is -0.00140. The van der Waals surface area contributed by atoms with Gasteiger partial charge in [0.25, 0.3) is 0 Å². The van der Waals surface area contributed by atoms with Crippen molar-refractivity contribution in [3.05, 3.63) is 29.8 Å². The van der Waals surface area contributed by atoms with Gasteiger partial charge in [0.05, 0.1) is 25.5 Å². The van der Waals surface area contributed by atoms with Crippen LogP contribution in [0.15, 0.2) is 24.3 Å². The second-order valence-electron chi connectivity index (χ2n) is 6.07. The molecule has 0 radical (unpaired) electrons. The zero-order valence-corrected chi connectivity index (χ0v) is 13.3. The summed E-state index contributed by atoms with van der Waals surface area (Å²) in [4.78, 5) is 13.4. The molecule has 114 valence electrons. The maximum Gasteiger partial charge on any atom is 0.225 e. The summed E-state index contributed by atoms with van der Waals surface area (Å²) in [6, 6.07) is 9.95. The number of nitrogens with zero attached hydrogens (tertiary/aromatic N) is 2. The van der Waals surface area contributed by atoms with Gasteiger partial charge in [0.15, 0.2) is 0 Å². The first-order valence-corrected chi connectivity index (χ1v) is 7.19. The lowest BCUT2D eigenvalue weighted by Crippen LogP contribution is -2.28. The van der Waals surface area contributed by atoms with E-state index in [-0.39, 0.29) is 11.3 Å². The lowest BCUT2D eigenvalue weighted by atomic mass is 9.86. The van der Waals surface area contributed by atoms with Gasteiger partial charge in [0.1, 0.15) is 5.75 Å². The topological polar surface area (TPSA) is 53.3 Å². The molecule has 0 N–H and O–H groups in total. The molecule has 1 amide bonds. The Morgan fingerprint density at radius 1 is 1.33 bits per heavy atom. The van der Waals surface area contributed by atoms with Gasteiger partial charge < -0.3 is 9.64 Å². The number of nitriles is 1. The summed E-state index contributed by atoms with van der Waals surface area (Å²) in [7, 11) is 1.71. The Morgan fingerprint density at radius 2 is 2.00 bits per heavy atom. The summed E-state index contributed by atoms with van der Waals surface area (Å²) in [6.45, 7) is 7.22. The number of hydrogen-bond donors (Lipinski definition) is 0. The number of para-hydroxylation sites is 1. The van der Waals surface area contributed by atoms with E-state index in [9.17, 15) is 4.79 Å². The van der Waals surface area contributed by atoms with Crippen LogP contribution >= 0.6 is 0 Å². The monoisotopic (exact) mass is 288 g/mol. The summed E-state index contributed by atoms with van der Waals surface area (Å²) in [5.74, 6) is 0.830. The summed E-state index contributed by atoms with van der Waals surface area (Å²) >= 11 is 0. The van der Waals surface area contributed by atoms with E-state index in [2.05, 4.69) is 26.8 Å². The van der Waals surface area contributed by atoms with Crippen molar-refractivity contribution in [3.8, 4) is 11.8 Å². The van der Waals surface area contributed by atoms with Crippen LogP contribution in [0, 0.1) is 11.3 Å². The van der Waals surface area contributed by atoms with E-state index < -0.39 is 0 Å². The van der Waals surface area contributed by atoms with E-state index >= 15 is 0 Å². The molecule has 0 aromatic heterocycles. The molecule has 4 nitrogen and oxygen atoms in total. The third kappa shape index (κ3) is 5.47. The maximum absolute atomic E-state index is 11.9. The molecule has 21 heavy (non-hydrogen) atoms. The van der Waals surface area contributed by atoms with Gasteiger partial charge in [0, 0.05) is 13.6 Å². The number of carbonyl (C=O) groups excluding carboxylic acids is 1. The summed E-state index contributed by atoms with van der Waals surface area (Å²) in [5.41, 5.74) is 1.14. The van der Waals surface area contributed by atoms with E-state index in [4.69, 9.17) is 10.00 Å². The van der Waals surface area contributed by atoms with Crippen molar-refractivity contribution in [2.45, 2.75) is 39.0 Å². The van der Waals surface area contributed by atoms with E-state index in [1.807, 2.05) is 24.3 Å².